The minimum atomic E-state index is 0.249. The number of ether oxygens (including phenoxy) is 1. The third kappa shape index (κ3) is 5.34. The van der Waals surface area contributed by atoms with Gasteiger partial charge in [0.15, 0.2) is 0 Å². The molecule has 0 aromatic rings. The van der Waals surface area contributed by atoms with E-state index in [-0.39, 0.29) is 6.61 Å². The monoisotopic (exact) mass is 244 g/mol. The first-order valence-electron chi connectivity index (χ1n) is 6.96. The first kappa shape index (κ1) is 14.9. The van der Waals surface area contributed by atoms with Crippen LogP contribution in [0.1, 0.15) is 26.7 Å². The molecule has 0 aromatic heterocycles. The van der Waals surface area contributed by atoms with E-state index < -0.39 is 0 Å². The van der Waals surface area contributed by atoms with Gasteiger partial charge in [0.05, 0.1) is 13.2 Å². The Morgan fingerprint density at radius 2 is 2.18 bits per heavy atom. The molecule has 0 radical (unpaired) electrons. The van der Waals surface area contributed by atoms with Crippen LogP contribution in [0.15, 0.2) is 0 Å². The first-order chi connectivity index (χ1) is 8.31. The van der Waals surface area contributed by atoms with Crippen LogP contribution in [0.25, 0.3) is 0 Å². The van der Waals surface area contributed by atoms with Gasteiger partial charge >= 0.3 is 0 Å². The summed E-state index contributed by atoms with van der Waals surface area (Å²) in [5.41, 5.74) is 0. The van der Waals surface area contributed by atoms with Gasteiger partial charge in [-0.1, -0.05) is 13.8 Å². The molecule has 0 amide bonds. The first-order valence-corrected chi connectivity index (χ1v) is 6.96. The fourth-order valence-electron chi connectivity index (χ4n) is 2.59. The molecule has 0 aromatic carbocycles. The van der Waals surface area contributed by atoms with Crippen molar-refractivity contribution in [1.82, 2.24) is 10.2 Å². The molecular weight excluding hydrogens is 216 g/mol. The lowest BCUT2D eigenvalue weighted by Gasteiger charge is -2.35. The third-order valence-corrected chi connectivity index (χ3v) is 3.39. The summed E-state index contributed by atoms with van der Waals surface area (Å²) < 4.78 is 5.59. The number of rotatable bonds is 8. The number of hydrogen-bond acceptors (Lipinski definition) is 4. The average Bonchev–Trinajstić information content (AvgIpc) is 2.33. The van der Waals surface area contributed by atoms with Crippen molar-refractivity contribution < 1.29 is 9.84 Å². The van der Waals surface area contributed by atoms with Gasteiger partial charge in [0.1, 0.15) is 0 Å². The normalized spacial score (nSPS) is 25.4. The van der Waals surface area contributed by atoms with Crippen LogP contribution in [0.4, 0.5) is 0 Å². The van der Waals surface area contributed by atoms with Crippen LogP contribution < -0.4 is 5.32 Å². The second kappa shape index (κ2) is 8.86. The third-order valence-electron chi connectivity index (χ3n) is 3.39. The summed E-state index contributed by atoms with van der Waals surface area (Å²) in [5, 5.41) is 12.6. The lowest BCUT2D eigenvalue weighted by atomic mass is 9.95. The summed E-state index contributed by atoms with van der Waals surface area (Å²) >= 11 is 0. The van der Waals surface area contributed by atoms with Gasteiger partial charge in [-0.25, -0.2) is 0 Å². The van der Waals surface area contributed by atoms with Crippen LogP contribution in [0.3, 0.4) is 0 Å². The maximum absolute atomic E-state index is 9.07. The molecule has 2 atom stereocenters. The van der Waals surface area contributed by atoms with Crippen LogP contribution >= 0.6 is 0 Å². The molecule has 4 heteroatoms. The molecule has 0 bridgehead atoms. The Labute approximate surface area is 105 Å². The van der Waals surface area contributed by atoms with Crippen molar-refractivity contribution in [3.8, 4) is 0 Å². The van der Waals surface area contributed by atoms with E-state index in [0.717, 1.165) is 52.2 Å². The average molecular weight is 244 g/mol. The Morgan fingerprint density at radius 3 is 2.82 bits per heavy atom. The molecule has 4 nitrogen and oxygen atoms in total. The van der Waals surface area contributed by atoms with Crippen molar-refractivity contribution in [2.45, 2.75) is 32.7 Å². The predicted molar refractivity (Wildman–Crippen MR) is 70.2 cm³/mol. The van der Waals surface area contributed by atoms with Crippen molar-refractivity contribution in [2.24, 2.45) is 5.92 Å². The fourth-order valence-corrected chi connectivity index (χ4v) is 2.59. The smallest absolute Gasteiger partial charge is 0.0558 e. The quantitative estimate of drug-likeness (QED) is 0.660. The van der Waals surface area contributed by atoms with Gasteiger partial charge in [-0.15, -0.1) is 0 Å². The Bertz CT molecular complexity index is 182. The molecule has 1 heterocycles. The zero-order valence-electron chi connectivity index (χ0n) is 11.3. The van der Waals surface area contributed by atoms with E-state index >= 15 is 0 Å². The Balaban J connectivity index is 2.43. The molecule has 102 valence electrons. The largest absolute Gasteiger partial charge is 0.395 e. The standard InChI is InChI=1S/C13H28N2O2/c1-3-6-15(7-8-16)10-12-11-17-9-5-13(12)14-4-2/h12-14,16H,3-11H2,1-2H3. The molecule has 0 saturated carbocycles. The van der Waals surface area contributed by atoms with Crippen molar-refractivity contribution in [3.63, 3.8) is 0 Å². The summed E-state index contributed by atoms with van der Waals surface area (Å²) in [6, 6.07) is 0.576. The van der Waals surface area contributed by atoms with E-state index in [2.05, 4.69) is 24.1 Å². The van der Waals surface area contributed by atoms with Gasteiger partial charge in [-0.3, -0.25) is 0 Å². The minimum absolute atomic E-state index is 0.249. The van der Waals surface area contributed by atoms with Gasteiger partial charge < -0.3 is 20.1 Å². The number of aliphatic hydroxyl groups excluding tert-OH is 1. The van der Waals surface area contributed by atoms with E-state index in [1.165, 1.54) is 0 Å². The number of hydrogen-bond donors (Lipinski definition) is 2. The molecule has 0 aliphatic carbocycles. The van der Waals surface area contributed by atoms with Gasteiger partial charge in [0.25, 0.3) is 0 Å². The molecule has 1 saturated heterocycles. The SMILES string of the molecule is CCCN(CCO)CC1COCCC1NCC. The van der Waals surface area contributed by atoms with Crippen LogP contribution in [-0.2, 0) is 4.74 Å². The van der Waals surface area contributed by atoms with E-state index in [1.54, 1.807) is 0 Å². The van der Waals surface area contributed by atoms with Crippen LogP contribution in [0, 0.1) is 5.92 Å². The maximum Gasteiger partial charge on any atom is 0.0558 e. The van der Waals surface area contributed by atoms with Gasteiger partial charge in [-0.2, -0.15) is 0 Å². The van der Waals surface area contributed by atoms with Crippen molar-refractivity contribution >= 4 is 0 Å². The second-order valence-corrected chi connectivity index (χ2v) is 4.81. The zero-order valence-corrected chi connectivity index (χ0v) is 11.3. The molecule has 1 aliphatic heterocycles. The second-order valence-electron chi connectivity index (χ2n) is 4.81. The van der Waals surface area contributed by atoms with Crippen LogP contribution in [-0.4, -0.2) is 62.0 Å². The molecule has 2 N–H and O–H groups in total. The van der Waals surface area contributed by atoms with Gasteiger partial charge in [0, 0.05) is 31.7 Å². The van der Waals surface area contributed by atoms with E-state index in [0.29, 0.717) is 12.0 Å². The molecule has 2 unspecified atom stereocenters. The Kier molecular flexibility index (Phi) is 7.77. The summed E-state index contributed by atoms with van der Waals surface area (Å²) in [6.45, 7) is 10.2. The molecule has 1 aliphatic rings. The van der Waals surface area contributed by atoms with Crippen LogP contribution in [0.2, 0.25) is 0 Å². The highest BCUT2D eigenvalue weighted by Gasteiger charge is 2.26. The fraction of sp³-hybridized carbons (Fsp3) is 1.00. The summed E-state index contributed by atoms with van der Waals surface area (Å²) in [5.74, 6) is 0.557. The van der Waals surface area contributed by atoms with Crippen LogP contribution in [0.5, 0.6) is 0 Å². The van der Waals surface area contributed by atoms with Gasteiger partial charge in [-0.05, 0) is 25.9 Å². The number of nitrogens with one attached hydrogen (secondary N) is 1. The number of aliphatic hydroxyl groups is 1. The Morgan fingerprint density at radius 1 is 1.35 bits per heavy atom. The molecule has 0 spiro atoms. The van der Waals surface area contributed by atoms with Gasteiger partial charge in [0.2, 0.25) is 0 Å². The highest BCUT2D eigenvalue weighted by atomic mass is 16.5. The maximum atomic E-state index is 9.07. The lowest BCUT2D eigenvalue weighted by molar-refractivity contribution is 0.0149. The molecule has 17 heavy (non-hydrogen) atoms. The Hall–Kier alpha value is -0.160. The summed E-state index contributed by atoms with van der Waals surface area (Å²) in [7, 11) is 0. The highest BCUT2D eigenvalue weighted by Crippen LogP contribution is 2.16. The lowest BCUT2D eigenvalue weighted by Crippen LogP contribution is -2.48. The minimum Gasteiger partial charge on any atom is -0.395 e. The molecule has 1 rings (SSSR count). The van der Waals surface area contributed by atoms with Crippen molar-refractivity contribution in [3.05, 3.63) is 0 Å². The molecular formula is C13H28N2O2. The summed E-state index contributed by atoms with van der Waals surface area (Å²) in [4.78, 5) is 2.35. The molecule has 1 fully saturated rings. The predicted octanol–water partition coefficient (Wildman–Crippen LogP) is 0.705. The highest BCUT2D eigenvalue weighted by molar-refractivity contribution is 4.81. The van der Waals surface area contributed by atoms with E-state index in [1.807, 2.05) is 0 Å². The zero-order chi connectivity index (χ0) is 12.5. The van der Waals surface area contributed by atoms with Crippen molar-refractivity contribution in [1.29, 1.82) is 0 Å². The van der Waals surface area contributed by atoms with E-state index in [4.69, 9.17) is 9.84 Å². The number of nitrogens with zero attached hydrogens (tertiary/aromatic N) is 1. The topological polar surface area (TPSA) is 44.7 Å². The van der Waals surface area contributed by atoms with Crippen molar-refractivity contribution in [2.75, 3.05) is 46.0 Å². The van der Waals surface area contributed by atoms with E-state index in [9.17, 15) is 0 Å². The summed E-state index contributed by atoms with van der Waals surface area (Å²) in [6.07, 6.45) is 2.25.